The van der Waals surface area contributed by atoms with Crippen molar-refractivity contribution in [1.29, 1.82) is 0 Å². The van der Waals surface area contributed by atoms with Crippen LogP contribution in [0.2, 0.25) is 0 Å². The second-order valence-corrected chi connectivity index (χ2v) is 5.13. The predicted molar refractivity (Wildman–Crippen MR) is 68.8 cm³/mol. The van der Waals surface area contributed by atoms with Crippen molar-refractivity contribution in [3.8, 4) is 0 Å². The fourth-order valence-corrected chi connectivity index (χ4v) is 2.42. The Kier molecular flexibility index (Phi) is 3.09. The summed E-state index contributed by atoms with van der Waals surface area (Å²) in [5.41, 5.74) is 0.893. The summed E-state index contributed by atoms with van der Waals surface area (Å²) < 4.78 is 3.08. The largest absolute Gasteiger partial charge is 0.314 e. The molecule has 1 saturated heterocycles. The molecule has 5 nitrogen and oxygen atoms in total. The van der Waals surface area contributed by atoms with E-state index >= 15 is 0 Å². The molecular formula is C11H14BrN5. The molecule has 0 radical (unpaired) electrons. The van der Waals surface area contributed by atoms with Crippen LogP contribution in [0.1, 0.15) is 5.82 Å². The Balaban J connectivity index is 1.84. The number of halogens is 1. The quantitative estimate of drug-likeness (QED) is 0.894. The van der Waals surface area contributed by atoms with Crippen LogP contribution in [0, 0.1) is 0 Å². The molecule has 1 fully saturated rings. The van der Waals surface area contributed by atoms with Gasteiger partial charge in [0.05, 0.1) is 6.54 Å². The Labute approximate surface area is 108 Å². The Morgan fingerprint density at radius 3 is 2.94 bits per heavy atom. The number of nitrogens with zero attached hydrogens (tertiary/aromatic N) is 4. The Morgan fingerprint density at radius 1 is 1.29 bits per heavy atom. The van der Waals surface area contributed by atoms with Gasteiger partial charge < -0.3 is 5.32 Å². The van der Waals surface area contributed by atoms with Gasteiger partial charge in [0.25, 0.3) is 0 Å². The molecule has 3 heterocycles. The van der Waals surface area contributed by atoms with Crippen molar-refractivity contribution in [3.63, 3.8) is 0 Å². The molecule has 0 amide bonds. The molecule has 90 valence electrons. The van der Waals surface area contributed by atoms with Crippen LogP contribution in [0.15, 0.2) is 22.8 Å². The van der Waals surface area contributed by atoms with Gasteiger partial charge in [-0.3, -0.25) is 9.30 Å². The van der Waals surface area contributed by atoms with E-state index in [-0.39, 0.29) is 0 Å². The topological polar surface area (TPSA) is 45.5 Å². The molecule has 0 spiro atoms. The molecule has 1 N–H and O–H groups in total. The molecule has 6 heteroatoms. The number of aromatic nitrogens is 3. The highest BCUT2D eigenvalue weighted by molar-refractivity contribution is 9.10. The number of rotatable bonds is 2. The summed E-state index contributed by atoms with van der Waals surface area (Å²) in [4.78, 5) is 2.40. The first-order chi connectivity index (χ1) is 8.33. The van der Waals surface area contributed by atoms with E-state index in [2.05, 4.69) is 36.3 Å². The fraction of sp³-hybridized carbons (Fsp3) is 0.455. The van der Waals surface area contributed by atoms with Gasteiger partial charge in [0.2, 0.25) is 0 Å². The lowest BCUT2D eigenvalue weighted by molar-refractivity contribution is 0.227. The maximum absolute atomic E-state index is 4.26. The SMILES string of the molecule is Brc1ccn2c(CN3CCNCC3)nnc2c1. The molecule has 0 aliphatic carbocycles. The second-order valence-electron chi connectivity index (χ2n) is 4.22. The zero-order valence-electron chi connectivity index (χ0n) is 9.43. The molecule has 2 aromatic rings. The van der Waals surface area contributed by atoms with Crippen molar-refractivity contribution in [2.45, 2.75) is 6.54 Å². The summed E-state index contributed by atoms with van der Waals surface area (Å²) in [6.45, 7) is 5.13. The fourth-order valence-electron chi connectivity index (χ4n) is 2.09. The number of piperazine rings is 1. The van der Waals surface area contributed by atoms with Crippen molar-refractivity contribution in [1.82, 2.24) is 24.8 Å². The van der Waals surface area contributed by atoms with Crippen molar-refractivity contribution in [2.75, 3.05) is 26.2 Å². The van der Waals surface area contributed by atoms with Gasteiger partial charge in [-0.1, -0.05) is 15.9 Å². The molecule has 0 bridgehead atoms. The van der Waals surface area contributed by atoms with E-state index in [1.807, 2.05) is 22.7 Å². The van der Waals surface area contributed by atoms with Crippen molar-refractivity contribution < 1.29 is 0 Å². The predicted octanol–water partition coefficient (Wildman–Crippen LogP) is 0.897. The molecule has 0 atom stereocenters. The molecule has 0 unspecified atom stereocenters. The number of hydrogen-bond acceptors (Lipinski definition) is 4. The lowest BCUT2D eigenvalue weighted by Crippen LogP contribution is -2.43. The maximum atomic E-state index is 4.26. The zero-order chi connectivity index (χ0) is 11.7. The normalized spacial score (nSPS) is 17.7. The third kappa shape index (κ3) is 2.34. The summed E-state index contributed by atoms with van der Waals surface area (Å²) >= 11 is 3.44. The van der Waals surface area contributed by atoms with E-state index in [1.165, 1.54) is 0 Å². The minimum absolute atomic E-state index is 0.866. The third-order valence-corrected chi connectivity index (χ3v) is 3.51. The summed E-state index contributed by atoms with van der Waals surface area (Å²) in [6, 6.07) is 3.99. The van der Waals surface area contributed by atoms with E-state index in [4.69, 9.17) is 0 Å². The van der Waals surface area contributed by atoms with Gasteiger partial charge in [0.1, 0.15) is 0 Å². The summed E-state index contributed by atoms with van der Waals surface area (Å²) in [6.07, 6.45) is 2.01. The first-order valence-electron chi connectivity index (χ1n) is 5.75. The number of nitrogens with one attached hydrogen (secondary N) is 1. The Bertz CT molecular complexity index is 518. The van der Waals surface area contributed by atoms with Gasteiger partial charge in [0, 0.05) is 36.8 Å². The van der Waals surface area contributed by atoms with Crippen molar-refractivity contribution in [3.05, 3.63) is 28.6 Å². The van der Waals surface area contributed by atoms with E-state index in [9.17, 15) is 0 Å². The molecule has 2 aromatic heterocycles. The van der Waals surface area contributed by atoms with E-state index in [0.717, 1.165) is 48.7 Å². The van der Waals surface area contributed by atoms with Crippen molar-refractivity contribution in [2.24, 2.45) is 0 Å². The minimum Gasteiger partial charge on any atom is -0.314 e. The smallest absolute Gasteiger partial charge is 0.161 e. The standard InChI is InChI=1S/C11H14BrN5/c12-9-1-4-17-10(7-9)14-15-11(17)8-16-5-2-13-3-6-16/h1,4,7,13H,2-3,5-6,8H2. The van der Waals surface area contributed by atoms with Gasteiger partial charge in [0.15, 0.2) is 11.5 Å². The number of pyridine rings is 1. The lowest BCUT2D eigenvalue weighted by Gasteiger charge is -2.26. The van der Waals surface area contributed by atoms with Gasteiger partial charge in [-0.15, -0.1) is 10.2 Å². The summed E-state index contributed by atoms with van der Waals surface area (Å²) in [7, 11) is 0. The summed E-state index contributed by atoms with van der Waals surface area (Å²) in [5, 5.41) is 11.8. The lowest BCUT2D eigenvalue weighted by atomic mass is 10.3. The number of hydrogen-bond donors (Lipinski definition) is 1. The van der Waals surface area contributed by atoms with Crippen LogP contribution in [0.3, 0.4) is 0 Å². The van der Waals surface area contributed by atoms with E-state index < -0.39 is 0 Å². The van der Waals surface area contributed by atoms with Gasteiger partial charge in [-0.05, 0) is 12.1 Å². The van der Waals surface area contributed by atoms with E-state index in [0.29, 0.717) is 0 Å². The van der Waals surface area contributed by atoms with Crippen LogP contribution in [0.25, 0.3) is 5.65 Å². The molecule has 0 aromatic carbocycles. The van der Waals surface area contributed by atoms with Crippen LogP contribution in [-0.4, -0.2) is 45.7 Å². The average molecular weight is 296 g/mol. The Morgan fingerprint density at radius 2 is 2.12 bits per heavy atom. The highest BCUT2D eigenvalue weighted by Crippen LogP contribution is 2.13. The second kappa shape index (κ2) is 4.72. The monoisotopic (exact) mass is 295 g/mol. The van der Waals surface area contributed by atoms with Gasteiger partial charge >= 0.3 is 0 Å². The first kappa shape index (κ1) is 11.1. The van der Waals surface area contributed by atoms with E-state index in [1.54, 1.807) is 0 Å². The summed E-state index contributed by atoms with van der Waals surface area (Å²) in [5.74, 6) is 1.01. The highest BCUT2D eigenvalue weighted by atomic mass is 79.9. The minimum atomic E-state index is 0.866. The third-order valence-electron chi connectivity index (χ3n) is 3.02. The van der Waals surface area contributed by atoms with Crippen molar-refractivity contribution >= 4 is 21.6 Å². The molecule has 1 aliphatic rings. The van der Waals surface area contributed by atoms with Crippen LogP contribution in [-0.2, 0) is 6.54 Å². The molecular weight excluding hydrogens is 282 g/mol. The number of fused-ring (bicyclic) bond motifs is 1. The average Bonchev–Trinajstić information content (AvgIpc) is 2.73. The van der Waals surface area contributed by atoms with Crippen LogP contribution in [0.4, 0.5) is 0 Å². The van der Waals surface area contributed by atoms with Crippen LogP contribution in [0.5, 0.6) is 0 Å². The van der Waals surface area contributed by atoms with Crippen LogP contribution >= 0.6 is 15.9 Å². The molecule has 0 saturated carbocycles. The highest BCUT2D eigenvalue weighted by Gasteiger charge is 2.13. The van der Waals surface area contributed by atoms with Gasteiger partial charge in [-0.25, -0.2) is 0 Å². The molecule has 3 rings (SSSR count). The molecule has 17 heavy (non-hydrogen) atoms. The van der Waals surface area contributed by atoms with Gasteiger partial charge in [-0.2, -0.15) is 0 Å². The maximum Gasteiger partial charge on any atom is 0.161 e. The van der Waals surface area contributed by atoms with Crippen LogP contribution < -0.4 is 5.32 Å². The first-order valence-corrected chi connectivity index (χ1v) is 6.54. The Hall–Kier alpha value is -0.980. The zero-order valence-corrected chi connectivity index (χ0v) is 11.0. The molecule has 1 aliphatic heterocycles.